The fourth-order valence-electron chi connectivity index (χ4n) is 3.37. The Labute approximate surface area is 179 Å². The van der Waals surface area contributed by atoms with Crippen molar-refractivity contribution < 1.29 is 14.3 Å². The third kappa shape index (κ3) is 5.66. The molecule has 0 saturated carbocycles. The van der Waals surface area contributed by atoms with Gasteiger partial charge in [0.2, 0.25) is 0 Å². The number of hydrogen-bond donors (Lipinski definition) is 1. The average Bonchev–Trinajstić information content (AvgIpc) is 2.67. The van der Waals surface area contributed by atoms with Gasteiger partial charge in [-0.25, -0.2) is 0 Å². The second kappa shape index (κ2) is 10.0. The van der Waals surface area contributed by atoms with Gasteiger partial charge < -0.3 is 14.8 Å². The Morgan fingerprint density at radius 2 is 1.76 bits per heavy atom. The fourth-order valence-corrected chi connectivity index (χ4v) is 3.49. The van der Waals surface area contributed by atoms with E-state index in [-0.39, 0.29) is 11.9 Å². The Morgan fingerprint density at radius 3 is 2.31 bits per heavy atom. The van der Waals surface area contributed by atoms with Crippen molar-refractivity contribution in [3.8, 4) is 11.5 Å². The van der Waals surface area contributed by atoms with E-state index in [0.29, 0.717) is 23.1 Å². The molecule has 0 unspecified atom stereocenters. The highest BCUT2D eigenvalue weighted by Crippen LogP contribution is 2.32. The van der Waals surface area contributed by atoms with Gasteiger partial charge in [-0.1, -0.05) is 32.4 Å². The Kier molecular flexibility index (Phi) is 7.97. The number of halogens is 1. The summed E-state index contributed by atoms with van der Waals surface area (Å²) in [6, 6.07) is 9.46. The molecule has 0 saturated heterocycles. The minimum absolute atomic E-state index is 0.131. The number of carbonyl (C=O) groups excluding carboxylic acids is 1. The van der Waals surface area contributed by atoms with E-state index in [1.165, 1.54) is 0 Å². The normalized spacial score (nSPS) is 13.1. The van der Waals surface area contributed by atoms with E-state index < -0.39 is 6.10 Å². The fraction of sp³-hybridized carbons (Fsp3) is 0.458. The van der Waals surface area contributed by atoms with Gasteiger partial charge in [-0.2, -0.15) is 0 Å². The van der Waals surface area contributed by atoms with Crippen LogP contribution in [0.3, 0.4) is 0 Å². The standard InChI is InChI=1S/C24H32ClNO3/c1-8-22(29-18-9-10-21(25)16(5)11-18)24(27)26-17(6)20-13-19(14(2)3)23(28-7)12-15(20)4/h9-14,17,22H,8H2,1-7H3,(H,26,27)/t17-,22+/m1/s1. The lowest BCUT2D eigenvalue weighted by Gasteiger charge is -2.23. The van der Waals surface area contributed by atoms with Gasteiger partial charge in [-0.15, -0.1) is 0 Å². The van der Waals surface area contributed by atoms with E-state index in [2.05, 4.69) is 25.2 Å². The van der Waals surface area contributed by atoms with Gasteiger partial charge in [0.15, 0.2) is 6.10 Å². The highest BCUT2D eigenvalue weighted by atomic mass is 35.5. The minimum atomic E-state index is -0.568. The smallest absolute Gasteiger partial charge is 0.261 e. The van der Waals surface area contributed by atoms with E-state index in [1.54, 1.807) is 19.2 Å². The predicted octanol–water partition coefficient (Wildman–Crippen LogP) is 6.12. The molecule has 1 N–H and O–H groups in total. The van der Waals surface area contributed by atoms with Gasteiger partial charge in [0, 0.05) is 5.02 Å². The summed E-state index contributed by atoms with van der Waals surface area (Å²) in [6.07, 6.45) is 0.000138. The minimum Gasteiger partial charge on any atom is -0.496 e. The Morgan fingerprint density at radius 1 is 1.07 bits per heavy atom. The maximum Gasteiger partial charge on any atom is 0.261 e. The molecular formula is C24H32ClNO3. The number of amides is 1. The summed E-state index contributed by atoms with van der Waals surface area (Å²) < 4.78 is 11.5. The predicted molar refractivity (Wildman–Crippen MR) is 119 cm³/mol. The number of rotatable bonds is 8. The van der Waals surface area contributed by atoms with Crippen molar-refractivity contribution in [2.45, 2.75) is 66.0 Å². The molecule has 4 nitrogen and oxygen atoms in total. The summed E-state index contributed by atoms with van der Waals surface area (Å²) in [5.41, 5.74) is 4.22. The summed E-state index contributed by atoms with van der Waals surface area (Å²) >= 11 is 6.08. The van der Waals surface area contributed by atoms with Crippen molar-refractivity contribution in [3.63, 3.8) is 0 Å². The zero-order valence-corrected chi connectivity index (χ0v) is 19.2. The van der Waals surface area contributed by atoms with Gasteiger partial charge in [-0.3, -0.25) is 4.79 Å². The summed E-state index contributed by atoms with van der Waals surface area (Å²) in [7, 11) is 1.69. The summed E-state index contributed by atoms with van der Waals surface area (Å²) in [4.78, 5) is 12.9. The zero-order valence-electron chi connectivity index (χ0n) is 18.4. The monoisotopic (exact) mass is 417 g/mol. The number of ether oxygens (including phenoxy) is 2. The second-order valence-corrected chi connectivity index (χ2v) is 8.17. The third-order valence-corrected chi connectivity index (χ3v) is 5.56. The van der Waals surface area contributed by atoms with E-state index in [4.69, 9.17) is 21.1 Å². The van der Waals surface area contributed by atoms with Crippen LogP contribution >= 0.6 is 11.6 Å². The van der Waals surface area contributed by atoms with Gasteiger partial charge in [-0.05, 0) is 85.7 Å². The van der Waals surface area contributed by atoms with Gasteiger partial charge in [0.1, 0.15) is 11.5 Å². The van der Waals surface area contributed by atoms with Crippen molar-refractivity contribution in [1.82, 2.24) is 5.32 Å². The Hall–Kier alpha value is -2.20. The topological polar surface area (TPSA) is 47.6 Å². The summed E-state index contributed by atoms with van der Waals surface area (Å²) in [5, 5.41) is 3.79. The molecule has 2 atom stereocenters. The first-order chi connectivity index (χ1) is 13.7. The molecule has 2 aromatic carbocycles. The quantitative estimate of drug-likeness (QED) is 0.562. The molecule has 0 fully saturated rings. The van der Waals surface area contributed by atoms with E-state index in [1.807, 2.05) is 39.8 Å². The van der Waals surface area contributed by atoms with Gasteiger partial charge >= 0.3 is 0 Å². The maximum absolute atomic E-state index is 12.9. The molecule has 0 radical (unpaired) electrons. The van der Waals surface area contributed by atoms with Crippen LogP contribution in [0.1, 0.15) is 68.3 Å². The number of benzene rings is 2. The summed E-state index contributed by atoms with van der Waals surface area (Å²) in [5.74, 6) is 1.72. The first kappa shape index (κ1) is 23.1. The molecule has 0 bridgehead atoms. The second-order valence-electron chi connectivity index (χ2n) is 7.76. The number of methoxy groups -OCH3 is 1. The summed E-state index contributed by atoms with van der Waals surface area (Å²) in [6.45, 7) is 12.2. The van der Waals surface area contributed by atoms with Crippen molar-refractivity contribution in [1.29, 1.82) is 0 Å². The molecule has 0 aliphatic carbocycles. The van der Waals surface area contributed by atoms with Crippen LogP contribution in [-0.4, -0.2) is 19.1 Å². The van der Waals surface area contributed by atoms with Crippen molar-refractivity contribution >= 4 is 17.5 Å². The molecule has 5 heteroatoms. The highest BCUT2D eigenvalue weighted by Gasteiger charge is 2.22. The van der Waals surface area contributed by atoms with E-state index in [9.17, 15) is 4.79 Å². The van der Waals surface area contributed by atoms with Gasteiger partial charge in [0.05, 0.1) is 13.2 Å². The lowest BCUT2D eigenvalue weighted by atomic mass is 9.93. The molecular weight excluding hydrogens is 386 g/mol. The maximum atomic E-state index is 12.9. The van der Waals surface area contributed by atoms with Crippen LogP contribution in [0.2, 0.25) is 5.02 Å². The Balaban J connectivity index is 2.17. The van der Waals surface area contributed by atoms with Crippen LogP contribution in [0.4, 0.5) is 0 Å². The molecule has 2 aromatic rings. The van der Waals surface area contributed by atoms with Crippen LogP contribution in [0.15, 0.2) is 30.3 Å². The highest BCUT2D eigenvalue weighted by molar-refractivity contribution is 6.31. The van der Waals surface area contributed by atoms with Crippen molar-refractivity contribution in [3.05, 3.63) is 57.6 Å². The van der Waals surface area contributed by atoms with E-state index in [0.717, 1.165) is 28.0 Å². The van der Waals surface area contributed by atoms with Gasteiger partial charge in [0.25, 0.3) is 5.91 Å². The van der Waals surface area contributed by atoms with Crippen molar-refractivity contribution in [2.24, 2.45) is 0 Å². The average molecular weight is 418 g/mol. The van der Waals surface area contributed by atoms with Crippen molar-refractivity contribution in [2.75, 3.05) is 7.11 Å². The molecule has 0 aliphatic heterocycles. The van der Waals surface area contributed by atoms with Crippen LogP contribution in [0, 0.1) is 13.8 Å². The van der Waals surface area contributed by atoms with Crippen LogP contribution < -0.4 is 14.8 Å². The molecule has 0 aromatic heterocycles. The van der Waals surface area contributed by atoms with Crippen LogP contribution in [0.5, 0.6) is 11.5 Å². The molecule has 0 aliphatic rings. The number of carbonyl (C=O) groups is 1. The number of aryl methyl sites for hydroxylation is 2. The zero-order chi connectivity index (χ0) is 21.7. The molecule has 0 heterocycles. The van der Waals surface area contributed by atoms with E-state index >= 15 is 0 Å². The first-order valence-electron chi connectivity index (χ1n) is 10.1. The Bertz CT molecular complexity index is 863. The molecule has 1 amide bonds. The largest absolute Gasteiger partial charge is 0.496 e. The SMILES string of the molecule is CC[C@H](Oc1ccc(Cl)c(C)c1)C(=O)N[C@H](C)c1cc(C(C)C)c(OC)cc1C. The first-order valence-corrected chi connectivity index (χ1v) is 10.5. The van der Waals surface area contributed by atoms with Crippen LogP contribution in [0.25, 0.3) is 0 Å². The number of hydrogen-bond acceptors (Lipinski definition) is 3. The number of nitrogens with one attached hydrogen (secondary N) is 1. The van der Waals surface area contributed by atoms with Crippen LogP contribution in [-0.2, 0) is 4.79 Å². The molecule has 0 spiro atoms. The third-order valence-electron chi connectivity index (χ3n) is 5.14. The lowest BCUT2D eigenvalue weighted by Crippen LogP contribution is -2.39. The molecule has 2 rings (SSSR count). The molecule has 158 valence electrons. The lowest BCUT2D eigenvalue weighted by molar-refractivity contribution is -0.128. The molecule has 29 heavy (non-hydrogen) atoms.